The van der Waals surface area contributed by atoms with Gasteiger partial charge in [-0.1, -0.05) is 12.1 Å². The van der Waals surface area contributed by atoms with E-state index in [1.165, 1.54) is 12.1 Å². The zero-order valence-electron chi connectivity index (χ0n) is 14.5. The van der Waals surface area contributed by atoms with Crippen LogP contribution >= 0.6 is 0 Å². The zero-order chi connectivity index (χ0) is 18.8. The third-order valence-electron chi connectivity index (χ3n) is 3.45. The number of imidazole rings is 1. The van der Waals surface area contributed by atoms with Crippen molar-refractivity contribution in [2.75, 3.05) is 20.2 Å². The molecule has 0 radical (unpaired) electrons. The summed E-state index contributed by atoms with van der Waals surface area (Å²) in [4.78, 5) is 8.12. The number of halogens is 3. The standard InChI is InChI=1S/C17H22F3N5O/c1-21-16(23-7-2-9-25-10-8-22-13-25)24-11-14-3-5-15(6-4-14)26-12-17(18,19)20/h3-6,8,10,13H,2,7,9,11-12H2,1H3,(H2,21,23,24). The van der Waals surface area contributed by atoms with Gasteiger partial charge < -0.3 is 19.9 Å². The molecule has 0 atom stereocenters. The van der Waals surface area contributed by atoms with Gasteiger partial charge in [-0.25, -0.2) is 4.98 Å². The maximum absolute atomic E-state index is 12.1. The largest absolute Gasteiger partial charge is 0.484 e. The molecule has 0 bridgehead atoms. The lowest BCUT2D eigenvalue weighted by atomic mass is 10.2. The third-order valence-corrected chi connectivity index (χ3v) is 3.45. The molecule has 0 amide bonds. The maximum Gasteiger partial charge on any atom is 0.422 e. The molecule has 26 heavy (non-hydrogen) atoms. The third kappa shape index (κ3) is 7.45. The van der Waals surface area contributed by atoms with E-state index in [-0.39, 0.29) is 5.75 Å². The molecule has 1 aromatic heterocycles. The first-order valence-electron chi connectivity index (χ1n) is 8.15. The predicted octanol–water partition coefficient (Wildman–Crippen LogP) is 2.58. The van der Waals surface area contributed by atoms with Crippen LogP contribution in [0.5, 0.6) is 5.75 Å². The molecule has 0 aliphatic heterocycles. The normalized spacial score (nSPS) is 12.1. The number of aryl methyl sites for hydroxylation is 1. The van der Waals surface area contributed by atoms with Crippen molar-refractivity contribution >= 4 is 5.96 Å². The molecule has 0 saturated carbocycles. The van der Waals surface area contributed by atoms with Crippen molar-refractivity contribution in [3.8, 4) is 5.75 Å². The molecule has 1 heterocycles. The fraction of sp³-hybridized carbons (Fsp3) is 0.412. The molecule has 0 fully saturated rings. The second-order valence-corrected chi connectivity index (χ2v) is 5.55. The minimum absolute atomic E-state index is 0.188. The number of alkyl halides is 3. The molecule has 0 aliphatic carbocycles. The number of nitrogens with one attached hydrogen (secondary N) is 2. The molecule has 0 aliphatic rings. The molecule has 9 heteroatoms. The minimum Gasteiger partial charge on any atom is -0.484 e. The number of benzene rings is 1. The van der Waals surface area contributed by atoms with E-state index in [0.717, 1.165) is 25.1 Å². The van der Waals surface area contributed by atoms with Crippen LogP contribution < -0.4 is 15.4 Å². The summed E-state index contributed by atoms with van der Waals surface area (Å²) in [6.45, 7) is 0.826. The van der Waals surface area contributed by atoms with E-state index in [1.54, 1.807) is 31.7 Å². The van der Waals surface area contributed by atoms with E-state index in [1.807, 2.05) is 10.8 Å². The highest BCUT2D eigenvalue weighted by Gasteiger charge is 2.28. The highest BCUT2D eigenvalue weighted by molar-refractivity contribution is 5.79. The lowest BCUT2D eigenvalue weighted by Gasteiger charge is -2.13. The zero-order valence-corrected chi connectivity index (χ0v) is 14.5. The lowest BCUT2D eigenvalue weighted by Crippen LogP contribution is -2.37. The van der Waals surface area contributed by atoms with E-state index in [0.29, 0.717) is 12.5 Å². The molecular weight excluding hydrogens is 347 g/mol. The average molecular weight is 369 g/mol. The Bertz CT molecular complexity index is 669. The average Bonchev–Trinajstić information content (AvgIpc) is 3.13. The van der Waals surface area contributed by atoms with Gasteiger partial charge in [-0.15, -0.1) is 0 Å². The van der Waals surface area contributed by atoms with Gasteiger partial charge in [-0.3, -0.25) is 4.99 Å². The monoisotopic (exact) mass is 369 g/mol. The van der Waals surface area contributed by atoms with Crippen LogP contribution in [0.25, 0.3) is 0 Å². The fourth-order valence-corrected chi connectivity index (χ4v) is 2.16. The second kappa shape index (κ2) is 9.69. The SMILES string of the molecule is CN=C(NCCCn1ccnc1)NCc1ccc(OCC(F)(F)F)cc1. The van der Waals surface area contributed by atoms with Crippen LogP contribution in [0.4, 0.5) is 13.2 Å². The van der Waals surface area contributed by atoms with E-state index in [2.05, 4.69) is 25.3 Å². The van der Waals surface area contributed by atoms with Crippen LogP contribution in [0.3, 0.4) is 0 Å². The van der Waals surface area contributed by atoms with Crippen LogP contribution in [-0.2, 0) is 13.1 Å². The Hall–Kier alpha value is -2.71. The number of ether oxygens (including phenoxy) is 1. The van der Waals surface area contributed by atoms with Crippen molar-refractivity contribution in [2.24, 2.45) is 4.99 Å². The Morgan fingerprint density at radius 1 is 1.23 bits per heavy atom. The summed E-state index contributed by atoms with van der Waals surface area (Å²) < 4.78 is 43.0. The van der Waals surface area contributed by atoms with Crippen LogP contribution in [0.1, 0.15) is 12.0 Å². The van der Waals surface area contributed by atoms with Crippen molar-refractivity contribution < 1.29 is 17.9 Å². The van der Waals surface area contributed by atoms with Crippen LogP contribution in [0, 0.1) is 0 Å². The summed E-state index contributed by atoms with van der Waals surface area (Å²) in [7, 11) is 1.68. The molecule has 0 saturated heterocycles. The number of hydrogen-bond acceptors (Lipinski definition) is 3. The number of nitrogens with zero attached hydrogens (tertiary/aromatic N) is 3. The Morgan fingerprint density at radius 3 is 2.62 bits per heavy atom. The summed E-state index contributed by atoms with van der Waals surface area (Å²) in [5.74, 6) is 0.848. The summed E-state index contributed by atoms with van der Waals surface area (Å²) in [6.07, 6.45) is 2.01. The molecule has 2 rings (SSSR count). The Morgan fingerprint density at radius 2 is 2.00 bits per heavy atom. The molecule has 6 nitrogen and oxygen atoms in total. The van der Waals surface area contributed by atoms with E-state index < -0.39 is 12.8 Å². The number of aliphatic imine (C=N–C) groups is 1. The molecule has 1 aromatic carbocycles. The highest BCUT2D eigenvalue weighted by atomic mass is 19.4. The van der Waals surface area contributed by atoms with Crippen LogP contribution in [0.15, 0.2) is 48.0 Å². The molecule has 142 valence electrons. The van der Waals surface area contributed by atoms with Gasteiger partial charge in [0.15, 0.2) is 12.6 Å². The number of aromatic nitrogens is 2. The maximum atomic E-state index is 12.1. The first-order chi connectivity index (χ1) is 12.5. The van der Waals surface area contributed by atoms with Crippen molar-refractivity contribution in [3.63, 3.8) is 0 Å². The van der Waals surface area contributed by atoms with Gasteiger partial charge in [0.2, 0.25) is 0 Å². The molecular formula is C17H22F3N5O. The smallest absolute Gasteiger partial charge is 0.422 e. The van der Waals surface area contributed by atoms with Gasteiger partial charge in [0.05, 0.1) is 6.33 Å². The predicted molar refractivity (Wildman–Crippen MR) is 93.0 cm³/mol. The Labute approximate surface area is 150 Å². The summed E-state index contributed by atoms with van der Waals surface area (Å²) in [6, 6.07) is 6.46. The van der Waals surface area contributed by atoms with Gasteiger partial charge in [0.25, 0.3) is 0 Å². The first kappa shape index (κ1) is 19.6. The molecule has 2 aromatic rings. The number of guanidine groups is 1. The molecule has 0 unspecified atom stereocenters. The number of rotatable bonds is 8. The van der Waals surface area contributed by atoms with Crippen LogP contribution in [0.2, 0.25) is 0 Å². The van der Waals surface area contributed by atoms with Gasteiger partial charge in [-0.05, 0) is 24.1 Å². The Kier molecular flexibility index (Phi) is 7.31. The van der Waals surface area contributed by atoms with E-state index >= 15 is 0 Å². The minimum atomic E-state index is -4.34. The second-order valence-electron chi connectivity index (χ2n) is 5.55. The summed E-state index contributed by atoms with van der Waals surface area (Å²) >= 11 is 0. The number of hydrogen-bond donors (Lipinski definition) is 2. The topological polar surface area (TPSA) is 63.5 Å². The quantitative estimate of drug-likeness (QED) is 0.427. The van der Waals surface area contributed by atoms with Gasteiger partial charge >= 0.3 is 6.18 Å². The molecule has 2 N–H and O–H groups in total. The summed E-state index contributed by atoms with van der Waals surface area (Å²) in [5, 5.41) is 6.36. The van der Waals surface area contributed by atoms with Crippen molar-refractivity contribution in [1.29, 1.82) is 0 Å². The highest BCUT2D eigenvalue weighted by Crippen LogP contribution is 2.18. The van der Waals surface area contributed by atoms with E-state index in [4.69, 9.17) is 0 Å². The van der Waals surface area contributed by atoms with Crippen molar-refractivity contribution in [2.45, 2.75) is 25.7 Å². The van der Waals surface area contributed by atoms with E-state index in [9.17, 15) is 13.2 Å². The fourth-order valence-electron chi connectivity index (χ4n) is 2.16. The van der Waals surface area contributed by atoms with Crippen LogP contribution in [-0.4, -0.2) is 41.9 Å². The first-order valence-corrected chi connectivity index (χ1v) is 8.15. The molecule has 0 spiro atoms. The summed E-state index contributed by atoms with van der Waals surface area (Å²) in [5.41, 5.74) is 0.908. The van der Waals surface area contributed by atoms with Gasteiger partial charge in [-0.2, -0.15) is 13.2 Å². The van der Waals surface area contributed by atoms with Crippen molar-refractivity contribution in [1.82, 2.24) is 20.2 Å². The van der Waals surface area contributed by atoms with Gasteiger partial charge in [0.1, 0.15) is 5.75 Å². The van der Waals surface area contributed by atoms with Crippen molar-refractivity contribution in [3.05, 3.63) is 48.5 Å². The van der Waals surface area contributed by atoms with Gasteiger partial charge in [0, 0.05) is 39.1 Å². The Balaban J connectivity index is 1.68. The lowest BCUT2D eigenvalue weighted by molar-refractivity contribution is -0.153.